The fraction of sp³-hybridized carbons (Fsp3) is 0.364. The Labute approximate surface area is 167 Å². The number of hydrogen-bond donors (Lipinski definition) is 2. The highest BCUT2D eigenvalue weighted by Gasteiger charge is 2.05. The van der Waals surface area contributed by atoms with Crippen LogP contribution < -0.4 is 15.4 Å². The second kappa shape index (κ2) is 11.6. The van der Waals surface area contributed by atoms with E-state index in [9.17, 15) is 4.79 Å². The first-order valence-corrected chi connectivity index (χ1v) is 9.50. The summed E-state index contributed by atoms with van der Waals surface area (Å²) in [5, 5.41) is 6.51. The summed E-state index contributed by atoms with van der Waals surface area (Å²) in [7, 11) is 3.45. The van der Waals surface area contributed by atoms with Crippen molar-refractivity contribution >= 4 is 11.9 Å². The Morgan fingerprint density at radius 3 is 2.36 bits per heavy atom. The second-order valence-corrected chi connectivity index (χ2v) is 6.70. The number of ether oxygens (including phenoxy) is 1. The molecule has 0 heterocycles. The lowest BCUT2D eigenvalue weighted by Gasteiger charge is -2.14. The van der Waals surface area contributed by atoms with Crippen molar-refractivity contribution in [2.75, 3.05) is 40.3 Å². The van der Waals surface area contributed by atoms with Crippen LogP contribution in [0.1, 0.15) is 11.1 Å². The summed E-state index contributed by atoms with van der Waals surface area (Å²) in [6, 6.07) is 18.2. The molecule has 0 unspecified atom stereocenters. The van der Waals surface area contributed by atoms with Crippen LogP contribution >= 0.6 is 0 Å². The van der Waals surface area contributed by atoms with E-state index in [4.69, 9.17) is 4.74 Å². The summed E-state index contributed by atoms with van der Waals surface area (Å²) < 4.78 is 5.73. The average Bonchev–Trinajstić information content (AvgIpc) is 2.70. The molecule has 0 spiro atoms. The zero-order valence-electron chi connectivity index (χ0n) is 16.9. The fourth-order valence-electron chi connectivity index (χ4n) is 2.41. The van der Waals surface area contributed by atoms with E-state index in [1.807, 2.05) is 49.4 Å². The Morgan fingerprint density at radius 1 is 1.00 bits per heavy atom. The predicted molar refractivity (Wildman–Crippen MR) is 114 cm³/mol. The summed E-state index contributed by atoms with van der Waals surface area (Å²) in [4.78, 5) is 17.7. The number of carbonyl (C=O) groups excluding carboxylic acids is 1. The van der Waals surface area contributed by atoms with Gasteiger partial charge in [0.2, 0.25) is 5.91 Å². The molecule has 0 radical (unpaired) electrons. The molecule has 0 aliphatic carbocycles. The Kier molecular flexibility index (Phi) is 8.85. The van der Waals surface area contributed by atoms with E-state index < -0.39 is 0 Å². The van der Waals surface area contributed by atoms with Gasteiger partial charge < -0.3 is 20.3 Å². The van der Waals surface area contributed by atoms with Crippen LogP contribution in [-0.2, 0) is 11.2 Å². The number of carbonyl (C=O) groups is 1. The minimum absolute atomic E-state index is 0.0416. The van der Waals surface area contributed by atoms with Gasteiger partial charge in [-0.3, -0.25) is 4.79 Å². The molecule has 0 fully saturated rings. The molecule has 0 aromatic heterocycles. The first-order valence-electron chi connectivity index (χ1n) is 9.50. The largest absolute Gasteiger partial charge is 0.492 e. The molecule has 0 saturated carbocycles. The number of nitrogens with zero attached hydrogens (tertiary/aromatic N) is 2. The van der Waals surface area contributed by atoms with Gasteiger partial charge in [0.15, 0.2) is 5.96 Å². The lowest BCUT2D eigenvalue weighted by atomic mass is 10.1. The van der Waals surface area contributed by atoms with Gasteiger partial charge in [-0.05, 0) is 31.0 Å². The molecular weight excluding hydrogens is 352 g/mol. The van der Waals surface area contributed by atoms with E-state index in [0.29, 0.717) is 19.1 Å². The zero-order chi connectivity index (χ0) is 20.2. The zero-order valence-corrected chi connectivity index (χ0v) is 16.9. The van der Waals surface area contributed by atoms with Crippen LogP contribution in [-0.4, -0.2) is 57.1 Å². The number of amides is 1. The molecule has 2 aromatic carbocycles. The van der Waals surface area contributed by atoms with Gasteiger partial charge in [-0.1, -0.05) is 48.0 Å². The van der Waals surface area contributed by atoms with Crippen molar-refractivity contribution in [3.05, 3.63) is 65.7 Å². The standard InChI is InChI=1S/C22H30N4O2/c1-18-9-11-20(12-10-18)28-16-15-24-22(25-17-21(27)26(2)3)23-14-13-19-7-5-4-6-8-19/h4-12H,13-17H2,1-3H3,(H2,23,24,25). The molecule has 6 nitrogen and oxygen atoms in total. The number of hydrogen-bond acceptors (Lipinski definition) is 3. The summed E-state index contributed by atoms with van der Waals surface area (Å²) in [5.74, 6) is 1.41. The maximum absolute atomic E-state index is 11.8. The molecule has 0 aliphatic heterocycles. The summed E-state index contributed by atoms with van der Waals surface area (Å²) in [6.07, 6.45) is 0.878. The number of benzene rings is 2. The van der Waals surface area contributed by atoms with Crippen LogP contribution in [0.4, 0.5) is 0 Å². The van der Waals surface area contributed by atoms with Crippen LogP contribution in [0, 0.1) is 6.92 Å². The summed E-state index contributed by atoms with van der Waals surface area (Å²) in [5.41, 5.74) is 2.45. The Balaban J connectivity index is 1.81. The van der Waals surface area contributed by atoms with Gasteiger partial charge in [-0.25, -0.2) is 4.99 Å². The van der Waals surface area contributed by atoms with Crippen LogP contribution in [0.5, 0.6) is 5.75 Å². The molecular formula is C22H30N4O2. The highest BCUT2D eigenvalue weighted by atomic mass is 16.5. The van der Waals surface area contributed by atoms with E-state index in [1.54, 1.807) is 14.1 Å². The van der Waals surface area contributed by atoms with E-state index in [0.717, 1.165) is 18.7 Å². The molecule has 2 aromatic rings. The lowest BCUT2D eigenvalue weighted by molar-refractivity contribution is -0.127. The van der Waals surface area contributed by atoms with Crippen molar-refractivity contribution in [3.8, 4) is 5.75 Å². The molecule has 150 valence electrons. The average molecular weight is 383 g/mol. The minimum atomic E-state index is -0.0416. The van der Waals surface area contributed by atoms with Crippen LogP contribution in [0.25, 0.3) is 0 Å². The van der Waals surface area contributed by atoms with Gasteiger partial charge in [-0.15, -0.1) is 0 Å². The lowest BCUT2D eigenvalue weighted by Crippen LogP contribution is -2.41. The second-order valence-electron chi connectivity index (χ2n) is 6.70. The molecule has 0 saturated heterocycles. The fourth-order valence-corrected chi connectivity index (χ4v) is 2.41. The molecule has 2 N–H and O–H groups in total. The van der Waals surface area contributed by atoms with Crippen molar-refractivity contribution in [2.24, 2.45) is 4.99 Å². The van der Waals surface area contributed by atoms with Crippen LogP contribution in [0.3, 0.4) is 0 Å². The Bertz CT molecular complexity index is 743. The number of likely N-dealkylation sites (N-methyl/N-ethyl adjacent to an activating group) is 1. The van der Waals surface area contributed by atoms with Gasteiger partial charge in [0.1, 0.15) is 18.9 Å². The van der Waals surface area contributed by atoms with Crippen LogP contribution in [0.15, 0.2) is 59.6 Å². The number of guanidine groups is 1. The third-order valence-electron chi connectivity index (χ3n) is 4.10. The molecule has 0 aliphatic rings. The minimum Gasteiger partial charge on any atom is -0.492 e. The van der Waals surface area contributed by atoms with Gasteiger partial charge in [0, 0.05) is 20.6 Å². The molecule has 28 heavy (non-hydrogen) atoms. The maximum Gasteiger partial charge on any atom is 0.243 e. The third-order valence-corrected chi connectivity index (χ3v) is 4.10. The molecule has 0 atom stereocenters. The van der Waals surface area contributed by atoms with Crippen molar-refractivity contribution in [1.29, 1.82) is 0 Å². The highest BCUT2D eigenvalue weighted by Crippen LogP contribution is 2.10. The third kappa shape index (κ3) is 8.12. The monoisotopic (exact) mass is 382 g/mol. The van der Waals surface area contributed by atoms with Gasteiger partial charge in [0.05, 0.1) is 6.54 Å². The molecule has 0 bridgehead atoms. The number of nitrogens with one attached hydrogen (secondary N) is 2. The van der Waals surface area contributed by atoms with E-state index in [2.05, 4.69) is 27.8 Å². The SMILES string of the molecule is Cc1ccc(OCCNC(=NCC(=O)N(C)C)NCCc2ccccc2)cc1. The predicted octanol–water partition coefficient (Wildman–Crippen LogP) is 2.24. The molecule has 6 heteroatoms. The normalized spacial score (nSPS) is 11.0. The quantitative estimate of drug-likeness (QED) is 0.397. The number of aryl methyl sites for hydroxylation is 1. The molecule has 1 amide bonds. The Morgan fingerprint density at radius 2 is 1.68 bits per heavy atom. The van der Waals surface area contributed by atoms with Gasteiger partial charge in [0.25, 0.3) is 0 Å². The maximum atomic E-state index is 11.8. The number of rotatable bonds is 9. The van der Waals surface area contributed by atoms with Crippen molar-refractivity contribution < 1.29 is 9.53 Å². The smallest absolute Gasteiger partial charge is 0.243 e. The van der Waals surface area contributed by atoms with E-state index in [-0.39, 0.29) is 12.5 Å². The van der Waals surface area contributed by atoms with E-state index >= 15 is 0 Å². The van der Waals surface area contributed by atoms with Crippen molar-refractivity contribution in [2.45, 2.75) is 13.3 Å². The number of aliphatic imine (C=N–C) groups is 1. The van der Waals surface area contributed by atoms with Crippen LogP contribution in [0.2, 0.25) is 0 Å². The van der Waals surface area contributed by atoms with Crippen molar-refractivity contribution in [1.82, 2.24) is 15.5 Å². The summed E-state index contributed by atoms with van der Waals surface area (Å²) in [6.45, 7) is 3.97. The Hall–Kier alpha value is -3.02. The first kappa shape index (κ1) is 21.3. The first-order chi connectivity index (χ1) is 13.5. The van der Waals surface area contributed by atoms with Gasteiger partial charge >= 0.3 is 0 Å². The topological polar surface area (TPSA) is 66.0 Å². The van der Waals surface area contributed by atoms with Crippen molar-refractivity contribution in [3.63, 3.8) is 0 Å². The molecule has 2 rings (SSSR count). The van der Waals surface area contributed by atoms with E-state index in [1.165, 1.54) is 16.0 Å². The van der Waals surface area contributed by atoms with Gasteiger partial charge in [-0.2, -0.15) is 0 Å². The summed E-state index contributed by atoms with van der Waals surface area (Å²) >= 11 is 0. The highest BCUT2D eigenvalue weighted by molar-refractivity contribution is 5.84.